The molecule has 0 spiro atoms. The Morgan fingerprint density at radius 2 is 2.08 bits per heavy atom. The Morgan fingerprint density at radius 3 is 2.77 bits per heavy atom. The molecule has 2 rings (SSSR count). The Hall–Kier alpha value is -1.06. The van der Waals surface area contributed by atoms with Crippen molar-refractivity contribution < 1.29 is 9.59 Å². The van der Waals surface area contributed by atoms with Crippen LogP contribution >= 0.6 is 0 Å². The molecule has 0 bridgehead atoms. The number of carbonyl (C=O) groups excluding carboxylic acids is 2. The summed E-state index contributed by atoms with van der Waals surface area (Å²) in [5.41, 5.74) is 0. The van der Waals surface area contributed by atoms with E-state index in [0.29, 0.717) is 5.92 Å². The van der Waals surface area contributed by atoms with Gasteiger partial charge in [0.15, 0.2) is 0 Å². The molecule has 1 N–H and O–H groups in total. The van der Waals surface area contributed by atoms with E-state index in [1.54, 1.807) is 11.8 Å². The van der Waals surface area contributed by atoms with Gasteiger partial charge in [-0.05, 0) is 19.3 Å². The van der Waals surface area contributed by atoms with Crippen LogP contribution in [0.15, 0.2) is 0 Å². The van der Waals surface area contributed by atoms with Gasteiger partial charge in [-0.3, -0.25) is 9.59 Å². The number of piperazine rings is 1. The second-order valence-corrected chi connectivity index (χ2v) is 4.08. The van der Waals surface area contributed by atoms with Crippen molar-refractivity contribution >= 4 is 11.8 Å². The van der Waals surface area contributed by atoms with E-state index in [4.69, 9.17) is 0 Å². The van der Waals surface area contributed by atoms with Crippen LogP contribution in [0.3, 0.4) is 0 Å². The third kappa shape index (κ3) is 1.20. The average molecular weight is 182 g/mol. The van der Waals surface area contributed by atoms with Crippen LogP contribution in [0.1, 0.15) is 20.3 Å². The fourth-order valence-corrected chi connectivity index (χ4v) is 2.16. The van der Waals surface area contributed by atoms with E-state index < -0.39 is 0 Å². The molecule has 2 aliphatic heterocycles. The number of hydrogen-bond donors (Lipinski definition) is 1. The molecule has 0 saturated carbocycles. The normalized spacial score (nSPS) is 38.9. The monoisotopic (exact) mass is 182 g/mol. The van der Waals surface area contributed by atoms with Crippen molar-refractivity contribution in [3.63, 3.8) is 0 Å². The summed E-state index contributed by atoms with van der Waals surface area (Å²) in [6, 6.07) is -0.534. The molecule has 2 amide bonds. The SMILES string of the molecule is C[C@@H]1C[C@H]2C(=O)N[C@@H](C)C(=O)N2C1. The summed E-state index contributed by atoms with van der Waals surface area (Å²) in [6.45, 7) is 4.55. The second kappa shape index (κ2) is 2.72. The van der Waals surface area contributed by atoms with Crippen molar-refractivity contribution in [2.45, 2.75) is 32.4 Å². The molecule has 0 aromatic rings. The fourth-order valence-electron chi connectivity index (χ4n) is 2.16. The first-order chi connectivity index (χ1) is 6.09. The number of rotatable bonds is 0. The van der Waals surface area contributed by atoms with Gasteiger partial charge in [0, 0.05) is 6.54 Å². The quantitative estimate of drug-likeness (QED) is 0.561. The highest BCUT2D eigenvalue weighted by atomic mass is 16.2. The lowest BCUT2D eigenvalue weighted by atomic mass is 10.1. The lowest BCUT2D eigenvalue weighted by Crippen LogP contribution is -2.59. The van der Waals surface area contributed by atoms with Gasteiger partial charge in [-0.1, -0.05) is 6.92 Å². The summed E-state index contributed by atoms with van der Waals surface area (Å²) >= 11 is 0. The Morgan fingerprint density at radius 1 is 1.38 bits per heavy atom. The van der Waals surface area contributed by atoms with Crippen LogP contribution < -0.4 is 5.32 Å². The highest BCUT2D eigenvalue weighted by molar-refractivity contribution is 5.97. The minimum absolute atomic E-state index is 0.0106. The van der Waals surface area contributed by atoms with Crippen LogP contribution in [0.4, 0.5) is 0 Å². The van der Waals surface area contributed by atoms with Gasteiger partial charge in [0.05, 0.1) is 0 Å². The zero-order chi connectivity index (χ0) is 9.59. The van der Waals surface area contributed by atoms with Gasteiger partial charge in [0.1, 0.15) is 12.1 Å². The van der Waals surface area contributed by atoms with E-state index in [-0.39, 0.29) is 23.9 Å². The van der Waals surface area contributed by atoms with E-state index in [2.05, 4.69) is 12.2 Å². The molecule has 0 aliphatic carbocycles. The second-order valence-electron chi connectivity index (χ2n) is 4.08. The molecule has 2 heterocycles. The van der Waals surface area contributed by atoms with E-state index >= 15 is 0 Å². The molecular weight excluding hydrogens is 168 g/mol. The number of hydrogen-bond acceptors (Lipinski definition) is 2. The molecule has 3 atom stereocenters. The van der Waals surface area contributed by atoms with Gasteiger partial charge < -0.3 is 10.2 Å². The fraction of sp³-hybridized carbons (Fsp3) is 0.778. The van der Waals surface area contributed by atoms with Gasteiger partial charge in [0.25, 0.3) is 0 Å². The molecule has 4 nitrogen and oxygen atoms in total. The predicted octanol–water partition coefficient (Wildman–Crippen LogP) is -0.258. The van der Waals surface area contributed by atoms with Gasteiger partial charge >= 0.3 is 0 Å². The maximum Gasteiger partial charge on any atom is 0.245 e. The Balaban J connectivity index is 2.23. The third-order valence-corrected chi connectivity index (χ3v) is 2.83. The summed E-state index contributed by atoms with van der Waals surface area (Å²) in [4.78, 5) is 24.8. The molecule has 0 radical (unpaired) electrons. The third-order valence-electron chi connectivity index (χ3n) is 2.83. The van der Waals surface area contributed by atoms with E-state index in [0.717, 1.165) is 13.0 Å². The zero-order valence-electron chi connectivity index (χ0n) is 7.91. The van der Waals surface area contributed by atoms with Crippen LogP contribution in [0, 0.1) is 5.92 Å². The molecule has 4 heteroatoms. The minimum Gasteiger partial charge on any atom is -0.343 e. The number of nitrogens with zero attached hydrogens (tertiary/aromatic N) is 1. The molecule has 2 fully saturated rings. The van der Waals surface area contributed by atoms with Crippen LogP contribution in [-0.4, -0.2) is 35.3 Å². The van der Waals surface area contributed by atoms with Crippen LogP contribution in [0.25, 0.3) is 0 Å². The summed E-state index contributed by atoms with van der Waals surface area (Å²) < 4.78 is 0. The standard InChI is InChI=1S/C9H14N2O2/c1-5-3-7-8(12)10-6(2)9(13)11(7)4-5/h5-7H,3-4H2,1-2H3,(H,10,12)/t5-,6+,7+/m1/s1. The van der Waals surface area contributed by atoms with Crippen molar-refractivity contribution in [2.24, 2.45) is 5.92 Å². The molecule has 2 aliphatic rings. The maximum atomic E-state index is 11.6. The van der Waals surface area contributed by atoms with Crippen molar-refractivity contribution in [1.82, 2.24) is 10.2 Å². The smallest absolute Gasteiger partial charge is 0.245 e. The Labute approximate surface area is 77.3 Å². The van der Waals surface area contributed by atoms with Crippen molar-refractivity contribution in [3.05, 3.63) is 0 Å². The van der Waals surface area contributed by atoms with Gasteiger partial charge in [-0.15, -0.1) is 0 Å². The molecule has 0 aromatic heterocycles. The molecule has 72 valence electrons. The first-order valence-electron chi connectivity index (χ1n) is 4.70. The summed E-state index contributed by atoms with van der Waals surface area (Å²) in [7, 11) is 0. The average Bonchev–Trinajstić information content (AvgIpc) is 2.44. The van der Waals surface area contributed by atoms with Gasteiger partial charge in [-0.2, -0.15) is 0 Å². The van der Waals surface area contributed by atoms with Crippen molar-refractivity contribution in [3.8, 4) is 0 Å². The largest absolute Gasteiger partial charge is 0.343 e. The number of carbonyl (C=O) groups is 2. The summed E-state index contributed by atoms with van der Waals surface area (Å²) in [5.74, 6) is 0.524. The first kappa shape index (κ1) is 8.53. The minimum atomic E-state index is -0.339. The first-order valence-corrected chi connectivity index (χ1v) is 4.70. The van der Waals surface area contributed by atoms with E-state index in [9.17, 15) is 9.59 Å². The Bertz CT molecular complexity index is 264. The molecule has 2 saturated heterocycles. The lowest BCUT2D eigenvalue weighted by Gasteiger charge is -2.32. The van der Waals surface area contributed by atoms with E-state index in [1.165, 1.54) is 0 Å². The summed E-state index contributed by atoms with van der Waals surface area (Å²) in [5, 5.41) is 2.69. The van der Waals surface area contributed by atoms with Crippen LogP contribution in [0.2, 0.25) is 0 Å². The maximum absolute atomic E-state index is 11.6. The number of fused-ring (bicyclic) bond motifs is 1. The van der Waals surface area contributed by atoms with Crippen LogP contribution in [0.5, 0.6) is 0 Å². The zero-order valence-corrected chi connectivity index (χ0v) is 7.91. The Kier molecular flexibility index (Phi) is 1.78. The van der Waals surface area contributed by atoms with Crippen molar-refractivity contribution in [2.75, 3.05) is 6.54 Å². The topological polar surface area (TPSA) is 49.4 Å². The van der Waals surface area contributed by atoms with Crippen molar-refractivity contribution in [1.29, 1.82) is 0 Å². The number of amides is 2. The summed E-state index contributed by atoms with van der Waals surface area (Å²) in [6.07, 6.45) is 0.810. The predicted molar refractivity (Wildman–Crippen MR) is 46.9 cm³/mol. The van der Waals surface area contributed by atoms with Gasteiger partial charge in [0.2, 0.25) is 11.8 Å². The highest BCUT2D eigenvalue weighted by Crippen LogP contribution is 2.25. The highest BCUT2D eigenvalue weighted by Gasteiger charge is 2.43. The lowest BCUT2D eigenvalue weighted by molar-refractivity contribution is -0.146. The molecule has 0 aromatic carbocycles. The number of nitrogens with one attached hydrogen (secondary N) is 1. The molecule has 13 heavy (non-hydrogen) atoms. The molecular formula is C9H14N2O2. The van der Waals surface area contributed by atoms with Crippen LogP contribution in [-0.2, 0) is 9.59 Å². The van der Waals surface area contributed by atoms with E-state index in [1.807, 2.05) is 0 Å². The van der Waals surface area contributed by atoms with Gasteiger partial charge in [-0.25, -0.2) is 0 Å². The molecule has 0 unspecified atom stereocenters.